The molecule has 0 fully saturated rings. The molecule has 112 valence electrons. The smallest absolute Gasteiger partial charge is 0.115 e. The molecule has 0 saturated carbocycles. The molecule has 2 unspecified atom stereocenters. The van der Waals surface area contributed by atoms with Gasteiger partial charge in [-0.3, -0.25) is 0 Å². The van der Waals surface area contributed by atoms with E-state index < -0.39 is 0 Å². The van der Waals surface area contributed by atoms with Gasteiger partial charge in [-0.05, 0) is 41.3 Å². The molecule has 2 N–H and O–H groups in total. The lowest BCUT2D eigenvalue weighted by Crippen LogP contribution is -2.12. The number of aliphatic hydroxyl groups excluding tert-OH is 1. The van der Waals surface area contributed by atoms with Gasteiger partial charge >= 0.3 is 0 Å². The molecule has 21 heavy (non-hydrogen) atoms. The normalized spacial score (nSPS) is 22.1. The summed E-state index contributed by atoms with van der Waals surface area (Å²) in [5.41, 5.74) is 3.86. The van der Waals surface area contributed by atoms with Crippen LogP contribution in [0.5, 0.6) is 5.75 Å². The Labute approximate surface area is 127 Å². The second-order valence-electron chi connectivity index (χ2n) is 6.09. The Kier molecular flexibility index (Phi) is 4.56. The van der Waals surface area contributed by atoms with Crippen LogP contribution in [0.25, 0.3) is 0 Å². The zero-order valence-corrected chi connectivity index (χ0v) is 13.2. The van der Waals surface area contributed by atoms with Gasteiger partial charge in [0.1, 0.15) is 11.5 Å². The Bertz CT molecular complexity index is 588. The van der Waals surface area contributed by atoms with Crippen molar-refractivity contribution >= 4 is 0 Å². The van der Waals surface area contributed by atoms with Crippen LogP contribution in [0.3, 0.4) is 0 Å². The monoisotopic (exact) mass is 284 g/mol. The number of benzene rings is 1. The maximum absolute atomic E-state index is 9.63. The van der Waals surface area contributed by atoms with Crippen LogP contribution < -0.4 is 0 Å². The van der Waals surface area contributed by atoms with Gasteiger partial charge < -0.3 is 10.2 Å². The van der Waals surface area contributed by atoms with Crippen molar-refractivity contribution in [3.8, 4) is 5.75 Å². The SMILES string of the molecule is CC(C)C(=C1C=CC(O)=CC1C)C(C)c1ccc(O)cc1. The van der Waals surface area contributed by atoms with Crippen molar-refractivity contribution in [1.29, 1.82) is 0 Å². The van der Waals surface area contributed by atoms with Gasteiger partial charge in [0.25, 0.3) is 0 Å². The van der Waals surface area contributed by atoms with E-state index in [-0.39, 0.29) is 11.8 Å². The number of phenolic OH excluding ortho intramolecular Hbond substituents is 1. The molecular weight excluding hydrogens is 260 g/mol. The largest absolute Gasteiger partial charge is 0.508 e. The minimum absolute atomic E-state index is 0.215. The van der Waals surface area contributed by atoms with E-state index in [4.69, 9.17) is 0 Å². The summed E-state index contributed by atoms with van der Waals surface area (Å²) in [6.45, 7) is 8.73. The highest BCUT2D eigenvalue weighted by molar-refractivity contribution is 5.43. The number of hydrogen-bond acceptors (Lipinski definition) is 2. The molecule has 0 spiro atoms. The molecule has 0 radical (unpaired) electrons. The highest BCUT2D eigenvalue weighted by atomic mass is 16.3. The Morgan fingerprint density at radius 1 is 1.00 bits per heavy atom. The van der Waals surface area contributed by atoms with Crippen LogP contribution in [0.15, 0.2) is 59.4 Å². The lowest BCUT2D eigenvalue weighted by molar-refractivity contribution is 0.424. The minimum atomic E-state index is 0.215. The van der Waals surface area contributed by atoms with E-state index in [1.54, 1.807) is 18.2 Å². The summed E-state index contributed by atoms with van der Waals surface area (Å²) < 4.78 is 0. The molecule has 0 saturated heterocycles. The first kappa shape index (κ1) is 15.4. The van der Waals surface area contributed by atoms with Crippen molar-refractivity contribution in [2.75, 3.05) is 0 Å². The fourth-order valence-corrected chi connectivity index (χ4v) is 3.11. The Balaban J connectivity index is 2.44. The van der Waals surface area contributed by atoms with Crippen molar-refractivity contribution < 1.29 is 10.2 Å². The van der Waals surface area contributed by atoms with E-state index in [0.29, 0.717) is 17.4 Å². The molecule has 0 bridgehead atoms. The number of aromatic hydroxyl groups is 1. The van der Waals surface area contributed by atoms with Crippen molar-refractivity contribution in [2.45, 2.75) is 33.6 Å². The van der Waals surface area contributed by atoms with Crippen LogP contribution in [0.4, 0.5) is 0 Å². The van der Waals surface area contributed by atoms with Crippen molar-refractivity contribution in [1.82, 2.24) is 0 Å². The zero-order chi connectivity index (χ0) is 15.6. The van der Waals surface area contributed by atoms with E-state index in [2.05, 4.69) is 27.7 Å². The summed E-state index contributed by atoms with van der Waals surface area (Å²) in [4.78, 5) is 0. The molecule has 0 aliphatic heterocycles. The predicted molar refractivity (Wildman–Crippen MR) is 87.4 cm³/mol. The van der Waals surface area contributed by atoms with Gasteiger partial charge in [0, 0.05) is 11.8 Å². The number of hydrogen-bond donors (Lipinski definition) is 2. The van der Waals surface area contributed by atoms with Gasteiger partial charge in [0.2, 0.25) is 0 Å². The highest BCUT2D eigenvalue weighted by Gasteiger charge is 2.22. The summed E-state index contributed by atoms with van der Waals surface area (Å²) in [6, 6.07) is 7.43. The van der Waals surface area contributed by atoms with Gasteiger partial charge in [0.05, 0.1) is 0 Å². The summed E-state index contributed by atoms with van der Waals surface area (Å²) in [5.74, 6) is 1.55. The van der Waals surface area contributed by atoms with E-state index in [1.165, 1.54) is 16.7 Å². The van der Waals surface area contributed by atoms with Gasteiger partial charge in [-0.1, -0.05) is 51.5 Å². The molecule has 2 heteroatoms. The summed E-state index contributed by atoms with van der Waals surface area (Å²) in [7, 11) is 0. The Morgan fingerprint density at radius 2 is 1.62 bits per heavy atom. The Hall–Kier alpha value is -1.96. The van der Waals surface area contributed by atoms with Gasteiger partial charge in [-0.25, -0.2) is 0 Å². The van der Waals surface area contributed by atoms with Gasteiger partial charge in [0.15, 0.2) is 0 Å². The maximum Gasteiger partial charge on any atom is 0.115 e. The third kappa shape index (κ3) is 3.38. The number of phenols is 1. The molecule has 1 aromatic rings. The lowest BCUT2D eigenvalue weighted by atomic mass is 9.78. The van der Waals surface area contributed by atoms with Crippen molar-refractivity contribution in [3.05, 3.63) is 65.0 Å². The molecule has 1 aliphatic carbocycles. The third-order valence-corrected chi connectivity index (χ3v) is 4.16. The number of aliphatic hydroxyl groups is 1. The standard InChI is InChI=1S/C19H24O2/c1-12(2)19(18-10-9-17(21)11-13(18)3)14(4)15-5-7-16(20)8-6-15/h5-14,20-21H,1-4H3. The first-order valence-corrected chi connectivity index (χ1v) is 7.52. The van der Waals surface area contributed by atoms with E-state index in [1.807, 2.05) is 24.3 Å². The van der Waals surface area contributed by atoms with Crippen molar-refractivity contribution in [3.63, 3.8) is 0 Å². The second-order valence-corrected chi connectivity index (χ2v) is 6.09. The molecule has 2 nitrogen and oxygen atoms in total. The quantitative estimate of drug-likeness (QED) is 0.811. The fraction of sp³-hybridized carbons (Fsp3) is 0.368. The molecule has 2 rings (SSSR count). The van der Waals surface area contributed by atoms with Crippen LogP contribution in [-0.4, -0.2) is 10.2 Å². The predicted octanol–water partition coefficient (Wildman–Crippen LogP) is 5.10. The van der Waals surface area contributed by atoms with E-state index in [0.717, 1.165) is 0 Å². The topological polar surface area (TPSA) is 40.5 Å². The second kappa shape index (κ2) is 6.21. The van der Waals surface area contributed by atoms with Crippen LogP contribution >= 0.6 is 0 Å². The molecule has 0 heterocycles. The fourth-order valence-electron chi connectivity index (χ4n) is 3.11. The zero-order valence-electron chi connectivity index (χ0n) is 13.2. The number of allylic oxidation sites excluding steroid dienone is 5. The Morgan fingerprint density at radius 3 is 2.14 bits per heavy atom. The van der Waals surface area contributed by atoms with Crippen LogP contribution in [0.2, 0.25) is 0 Å². The van der Waals surface area contributed by atoms with Crippen molar-refractivity contribution in [2.24, 2.45) is 11.8 Å². The van der Waals surface area contributed by atoms with Crippen LogP contribution in [0, 0.1) is 11.8 Å². The molecule has 0 amide bonds. The first-order valence-electron chi connectivity index (χ1n) is 7.52. The molecular formula is C19H24O2. The summed E-state index contributed by atoms with van der Waals surface area (Å²) >= 11 is 0. The maximum atomic E-state index is 9.63. The van der Waals surface area contributed by atoms with Crippen LogP contribution in [-0.2, 0) is 0 Å². The summed E-state index contributed by atoms with van der Waals surface area (Å²) in [6.07, 6.45) is 5.69. The molecule has 1 aliphatic rings. The average molecular weight is 284 g/mol. The molecule has 0 aromatic heterocycles. The lowest BCUT2D eigenvalue weighted by Gasteiger charge is -2.27. The minimum Gasteiger partial charge on any atom is -0.508 e. The average Bonchev–Trinajstić information content (AvgIpc) is 2.42. The van der Waals surface area contributed by atoms with E-state index >= 15 is 0 Å². The van der Waals surface area contributed by atoms with Crippen LogP contribution in [0.1, 0.15) is 39.2 Å². The first-order chi connectivity index (χ1) is 9.90. The summed E-state index contributed by atoms with van der Waals surface area (Å²) in [5, 5.41) is 19.1. The van der Waals surface area contributed by atoms with Gasteiger partial charge in [-0.15, -0.1) is 0 Å². The van der Waals surface area contributed by atoms with E-state index in [9.17, 15) is 10.2 Å². The third-order valence-electron chi connectivity index (χ3n) is 4.16. The highest BCUT2D eigenvalue weighted by Crippen LogP contribution is 2.37. The molecule has 2 atom stereocenters. The molecule has 1 aromatic carbocycles. The number of rotatable bonds is 3. The van der Waals surface area contributed by atoms with Gasteiger partial charge in [-0.2, -0.15) is 0 Å².